The molecule has 0 saturated carbocycles. The third-order valence-electron chi connectivity index (χ3n) is 2.23. The van der Waals surface area contributed by atoms with Crippen molar-refractivity contribution < 1.29 is 0 Å². The second-order valence-corrected chi connectivity index (χ2v) is 3.62. The quantitative estimate of drug-likeness (QED) is 0.429. The van der Waals surface area contributed by atoms with Gasteiger partial charge in [0.1, 0.15) is 5.84 Å². The van der Waals surface area contributed by atoms with Crippen molar-refractivity contribution in [3.8, 4) is 0 Å². The average Bonchev–Trinajstić information content (AvgIpc) is 2.26. The summed E-state index contributed by atoms with van der Waals surface area (Å²) in [5.74, 6) is 1.07. The van der Waals surface area contributed by atoms with Gasteiger partial charge in [-0.1, -0.05) is 25.1 Å². The van der Waals surface area contributed by atoms with Crippen LogP contribution in [0.4, 0.5) is 5.69 Å². The molecule has 0 spiro atoms. The molecule has 1 aromatic rings. The summed E-state index contributed by atoms with van der Waals surface area (Å²) in [5.41, 5.74) is 1.10. The SMILES string of the molecule is CCC(=NN(C)c1ccccc1)N(C)C. The third-order valence-corrected chi connectivity index (χ3v) is 2.23. The van der Waals surface area contributed by atoms with Crippen LogP contribution in [0.25, 0.3) is 0 Å². The highest BCUT2D eigenvalue weighted by Gasteiger charge is 2.02. The van der Waals surface area contributed by atoms with Crippen LogP contribution in [0.2, 0.25) is 0 Å². The van der Waals surface area contributed by atoms with E-state index >= 15 is 0 Å². The van der Waals surface area contributed by atoms with Crippen molar-refractivity contribution in [3.63, 3.8) is 0 Å². The largest absolute Gasteiger partial charge is 0.365 e. The van der Waals surface area contributed by atoms with Gasteiger partial charge in [0.2, 0.25) is 0 Å². The summed E-state index contributed by atoms with van der Waals surface area (Å²) >= 11 is 0. The zero-order chi connectivity index (χ0) is 11.3. The number of benzene rings is 1. The molecule has 15 heavy (non-hydrogen) atoms. The molecule has 0 saturated heterocycles. The molecule has 0 amide bonds. The number of nitrogens with zero attached hydrogens (tertiary/aromatic N) is 3. The van der Waals surface area contributed by atoms with Crippen LogP contribution in [0.3, 0.4) is 0 Å². The number of para-hydroxylation sites is 1. The van der Waals surface area contributed by atoms with Crippen molar-refractivity contribution in [3.05, 3.63) is 30.3 Å². The van der Waals surface area contributed by atoms with E-state index in [0.29, 0.717) is 0 Å². The molecular formula is C12H19N3. The van der Waals surface area contributed by atoms with Crippen LogP contribution in [0.1, 0.15) is 13.3 Å². The minimum atomic E-state index is 0.935. The van der Waals surface area contributed by atoms with Crippen LogP contribution in [0.15, 0.2) is 35.4 Å². The molecule has 0 atom stereocenters. The Morgan fingerprint density at radius 3 is 2.20 bits per heavy atom. The van der Waals surface area contributed by atoms with Gasteiger partial charge in [-0.25, -0.2) is 0 Å². The van der Waals surface area contributed by atoms with Crippen molar-refractivity contribution in [2.75, 3.05) is 26.2 Å². The molecule has 82 valence electrons. The summed E-state index contributed by atoms with van der Waals surface area (Å²) in [6.07, 6.45) is 0.935. The highest BCUT2D eigenvalue weighted by atomic mass is 15.5. The molecule has 0 N–H and O–H groups in total. The van der Waals surface area contributed by atoms with Crippen molar-refractivity contribution in [2.45, 2.75) is 13.3 Å². The lowest BCUT2D eigenvalue weighted by Crippen LogP contribution is -2.25. The van der Waals surface area contributed by atoms with Gasteiger partial charge in [0, 0.05) is 27.6 Å². The van der Waals surface area contributed by atoms with Gasteiger partial charge in [-0.2, -0.15) is 5.10 Å². The van der Waals surface area contributed by atoms with Gasteiger partial charge < -0.3 is 4.90 Å². The van der Waals surface area contributed by atoms with Crippen LogP contribution in [0.5, 0.6) is 0 Å². The molecule has 3 nitrogen and oxygen atoms in total. The number of amidine groups is 1. The molecular weight excluding hydrogens is 186 g/mol. The van der Waals surface area contributed by atoms with Crippen molar-refractivity contribution in [2.24, 2.45) is 5.10 Å². The zero-order valence-electron chi connectivity index (χ0n) is 9.94. The van der Waals surface area contributed by atoms with Crippen LogP contribution in [0, 0.1) is 0 Å². The van der Waals surface area contributed by atoms with Crippen LogP contribution in [-0.2, 0) is 0 Å². The first-order valence-corrected chi connectivity index (χ1v) is 5.18. The minimum Gasteiger partial charge on any atom is -0.365 e. The molecule has 0 aliphatic carbocycles. The second-order valence-electron chi connectivity index (χ2n) is 3.62. The van der Waals surface area contributed by atoms with Gasteiger partial charge in [-0.3, -0.25) is 5.01 Å². The van der Waals surface area contributed by atoms with Gasteiger partial charge >= 0.3 is 0 Å². The normalized spacial score (nSPS) is 11.3. The van der Waals surface area contributed by atoms with Crippen molar-refractivity contribution >= 4 is 11.5 Å². The molecule has 0 radical (unpaired) electrons. The summed E-state index contributed by atoms with van der Waals surface area (Å²) in [4.78, 5) is 2.04. The van der Waals surface area contributed by atoms with Gasteiger partial charge in [0.15, 0.2) is 0 Å². The monoisotopic (exact) mass is 205 g/mol. The predicted molar refractivity (Wildman–Crippen MR) is 66.3 cm³/mol. The number of hydrazone groups is 1. The maximum absolute atomic E-state index is 4.54. The Morgan fingerprint density at radius 2 is 1.73 bits per heavy atom. The third kappa shape index (κ3) is 3.27. The number of hydrogen-bond acceptors (Lipinski definition) is 2. The van der Waals surface area contributed by atoms with E-state index in [1.807, 2.05) is 61.4 Å². The molecule has 0 bridgehead atoms. The van der Waals surface area contributed by atoms with E-state index in [1.54, 1.807) is 0 Å². The number of rotatable bonds is 3. The molecule has 1 rings (SSSR count). The van der Waals surface area contributed by atoms with Crippen LogP contribution in [-0.4, -0.2) is 31.9 Å². The predicted octanol–water partition coefficient (Wildman–Crippen LogP) is 2.41. The van der Waals surface area contributed by atoms with Crippen molar-refractivity contribution in [1.29, 1.82) is 0 Å². The van der Waals surface area contributed by atoms with E-state index in [-0.39, 0.29) is 0 Å². The van der Waals surface area contributed by atoms with Gasteiger partial charge in [-0.05, 0) is 12.1 Å². The Labute approximate surface area is 92.0 Å². The van der Waals surface area contributed by atoms with E-state index in [9.17, 15) is 0 Å². The fraction of sp³-hybridized carbons (Fsp3) is 0.417. The molecule has 1 aromatic carbocycles. The van der Waals surface area contributed by atoms with E-state index in [4.69, 9.17) is 0 Å². The van der Waals surface area contributed by atoms with E-state index in [2.05, 4.69) is 12.0 Å². The molecule has 0 heterocycles. The lowest BCUT2D eigenvalue weighted by Gasteiger charge is -2.19. The molecule has 3 heteroatoms. The zero-order valence-corrected chi connectivity index (χ0v) is 9.94. The van der Waals surface area contributed by atoms with E-state index in [0.717, 1.165) is 17.9 Å². The van der Waals surface area contributed by atoms with Gasteiger partial charge in [0.05, 0.1) is 5.69 Å². The van der Waals surface area contributed by atoms with Gasteiger partial charge in [0.25, 0.3) is 0 Å². The Bertz CT molecular complexity index is 317. The number of anilines is 1. The Morgan fingerprint density at radius 1 is 1.13 bits per heavy atom. The number of hydrogen-bond donors (Lipinski definition) is 0. The highest BCUT2D eigenvalue weighted by Crippen LogP contribution is 2.11. The summed E-state index contributed by atoms with van der Waals surface area (Å²) in [6, 6.07) is 10.1. The fourth-order valence-electron chi connectivity index (χ4n) is 1.35. The standard InChI is InChI=1S/C12H19N3/c1-5-12(14(2)3)13-15(4)11-9-7-6-8-10-11/h6-10H,5H2,1-4H3. The first-order valence-electron chi connectivity index (χ1n) is 5.18. The molecule has 0 aliphatic rings. The Balaban J connectivity index is 2.81. The summed E-state index contributed by atoms with van der Waals surface area (Å²) in [6.45, 7) is 2.11. The lowest BCUT2D eigenvalue weighted by molar-refractivity contribution is 0.601. The molecule has 0 fully saturated rings. The summed E-state index contributed by atoms with van der Waals surface area (Å²) < 4.78 is 0. The van der Waals surface area contributed by atoms with Crippen LogP contribution >= 0.6 is 0 Å². The van der Waals surface area contributed by atoms with Crippen molar-refractivity contribution in [1.82, 2.24) is 4.90 Å². The lowest BCUT2D eigenvalue weighted by atomic mass is 10.3. The van der Waals surface area contributed by atoms with E-state index < -0.39 is 0 Å². The van der Waals surface area contributed by atoms with E-state index in [1.165, 1.54) is 0 Å². The average molecular weight is 205 g/mol. The minimum absolute atomic E-state index is 0.935. The first kappa shape index (κ1) is 11.6. The Kier molecular flexibility index (Phi) is 4.16. The Hall–Kier alpha value is -1.51. The maximum Gasteiger partial charge on any atom is 0.124 e. The topological polar surface area (TPSA) is 18.8 Å². The fourth-order valence-corrected chi connectivity index (χ4v) is 1.35. The summed E-state index contributed by atoms with van der Waals surface area (Å²) in [5, 5.41) is 6.44. The smallest absolute Gasteiger partial charge is 0.124 e. The molecule has 0 aliphatic heterocycles. The maximum atomic E-state index is 4.54. The summed E-state index contributed by atoms with van der Waals surface area (Å²) in [7, 11) is 6.00. The van der Waals surface area contributed by atoms with Gasteiger partial charge in [-0.15, -0.1) is 0 Å². The first-order chi connectivity index (χ1) is 7.15. The molecule has 0 aromatic heterocycles. The second kappa shape index (κ2) is 5.39. The highest BCUT2D eigenvalue weighted by molar-refractivity contribution is 5.82. The molecule has 0 unspecified atom stereocenters. The van der Waals surface area contributed by atoms with Crippen LogP contribution < -0.4 is 5.01 Å².